The molecule has 2 rings (SSSR count). The number of Topliss-reactive ketones (excluding diaryl/α,β-unsaturated/α-hetero) is 1. The summed E-state index contributed by atoms with van der Waals surface area (Å²) in [6.45, 7) is 2.09. The zero-order valence-corrected chi connectivity index (χ0v) is 13.1. The van der Waals surface area contributed by atoms with E-state index in [4.69, 9.17) is 16.3 Å². The molecule has 2 aromatic rings. The molecule has 0 unspecified atom stereocenters. The Morgan fingerprint density at radius 3 is 2.36 bits per heavy atom. The SMILES string of the molecule is CCOC(=O)c1ccc(C(=O)CCc2cccc(Cl)c2)cc1. The molecule has 0 fully saturated rings. The molecule has 0 spiro atoms. The average molecular weight is 317 g/mol. The standard InChI is InChI=1S/C18H17ClO3/c1-2-22-18(21)15-9-7-14(8-10-15)17(20)11-6-13-4-3-5-16(19)12-13/h3-5,7-10,12H,2,6,11H2,1H3. The van der Waals surface area contributed by atoms with E-state index in [9.17, 15) is 9.59 Å². The van der Waals surface area contributed by atoms with E-state index in [1.807, 2.05) is 18.2 Å². The quantitative estimate of drug-likeness (QED) is 0.588. The summed E-state index contributed by atoms with van der Waals surface area (Å²) < 4.78 is 4.91. The molecule has 0 N–H and O–H groups in total. The minimum Gasteiger partial charge on any atom is -0.462 e. The fourth-order valence-corrected chi connectivity index (χ4v) is 2.31. The molecule has 2 aromatic carbocycles. The monoisotopic (exact) mass is 316 g/mol. The van der Waals surface area contributed by atoms with Crippen LogP contribution in [-0.2, 0) is 11.2 Å². The zero-order valence-electron chi connectivity index (χ0n) is 12.3. The third kappa shape index (κ3) is 4.43. The fraction of sp³-hybridized carbons (Fsp3) is 0.222. The van der Waals surface area contributed by atoms with Gasteiger partial charge >= 0.3 is 5.97 Å². The van der Waals surface area contributed by atoms with E-state index in [0.29, 0.717) is 35.6 Å². The van der Waals surface area contributed by atoms with Crippen LogP contribution in [0.3, 0.4) is 0 Å². The molecule has 4 heteroatoms. The summed E-state index contributed by atoms with van der Waals surface area (Å²) in [7, 11) is 0. The number of halogens is 1. The van der Waals surface area contributed by atoms with Crippen LogP contribution in [0.1, 0.15) is 39.6 Å². The highest BCUT2D eigenvalue weighted by molar-refractivity contribution is 6.30. The Morgan fingerprint density at radius 2 is 1.73 bits per heavy atom. The van der Waals surface area contributed by atoms with Gasteiger partial charge in [0.2, 0.25) is 0 Å². The highest BCUT2D eigenvalue weighted by atomic mass is 35.5. The molecule has 0 heterocycles. The van der Waals surface area contributed by atoms with Gasteiger partial charge in [-0.1, -0.05) is 35.9 Å². The maximum absolute atomic E-state index is 12.2. The molecule has 0 atom stereocenters. The lowest BCUT2D eigenvalue weighted by atomic mass is 10.0. The summed E-state index contributed by atoms with van der Waals surface area (Å²) in [4.78, 5) is 23.7. The Morgan fingerprint density at radius 1 is 1.05 bits per heavy atom. The zero-order chi connectivity index (χ0) is 15.9. The van der Waals surface area contributed by atoms with Crippen molar-refractivity contribution in [2.45, 2.75) is 19.8 Å². The molecule has 0 saturated carbocycles. The van der Waals surface area contributed by atoms with Gasteiger partial charge in [0.25, 0.3) is 0 Å². The van der Waals surface area contributed by atoms with Crippen LogP contribution in [0.5, 0.6) is 0 Å². The number of ketones is 1. The van der Waals surface area contributed by atoms with Gasteiger partial charge in [-0.3, -0.25) is 4.79 Å². The van der Waals surface area contributed by atoms with Crippen molar-refractivity contribution in [1.82, 2.24) is 0 Å². The highest BCUT2D eigenvalue weighted by Crippen LogP contribution is 2.14. The Bertz CT molecular complexity index is 662. The highest BCUT2D eigenvalue weighted by Gasteiger charge is 2.10. The maximum atomic E-state index is 12.2. The van der Waals surface area contributed by atoms with Crippen LogP contribution in [0.25, 0.3) is 0 Å². The van der Waals surface area contributed by atoms with E-state index in [0.717, 1.165) is 5.56 Å². The number of carbonyl (C=O) groups is 2. The van der Waals surface area contributed by atoms with Crippen molar-refractivity contribution in [3.05, 3.63) is 70.2 Å². The minimum atomic E-state index is -0.375. The van der Waals surface area contributed by atoms with Gasteiger partial charge in [-0.05, 0) is 43.2 Å². The molecule has 114 valence electrons. The van der Waals surface area contributed by atoms with E-state index >= 15 is 0 Å². The summed E-state index contributed by atoms with van der Waals surface area (Å²) in [6, 6.07) is 14.0. The lowest BCUT2D eigenvalue weighted by Gasteiger charge is -2.04. The Labute approximate surface area is 134 Å². The van der Waals surface area contributed by atoms with Crippen molar-refractivity contribution in [1.29, 1.82) is 0 Å². The van der Waals surface area contributed by atoms with E-state index in [2.05, 4.69) is 0 Å². The number of carbonyl (C=O) groups excluding carboxylic acids is 2. The van der Waals surface area contributed by atoms with Gasteiger partial charge in [0.1, 0.15) is 0 Å². The maximum Gasteiger partial charge on any atom is 0.338 e. The number of esters is 1. The predicted molar refractivity (Wildman–Crippen MR) is 86.5 cm³/mol. The van der Waals surface area contributed by atoms with Gasteiger partial charge in [-0.25, -0.2) is 4.79 Å². The van der Waals surface area contributed by atoms with E-state index in [1.54, 1.807) is 37.3 Å². The summed E-state index contributed by atoms with van der Waals surface area (Å²) in [6.07, 6.45) is 1.04. The van der Waals surface area contributed by atoms with E-state index in [-0.39, 0.29) is 11.8 Å². The molecule has 0 saturated heterocycles. The first kappa shape index (κ1) is 16.2. The molecule has 0 aromatic heterocycles. The molecule has 3 nitrogen and oxygen atoms in total. The van der Waals surface area contributed by atoms with Gasteiger partial charge in [-0.2, -0.15) is 0 Å². The second kappa shape index (κ2) is 7.76. The molecule has 0 radical (unpaired) electrons. The topological polar surface area (TPSA) is 43.4 Å². The van der Waals surface area contributed by atoms with Gasteiger partial charge in [0, 0.05) is 17.0 Å². The van der Waals surface area contributed by atoms with Crippen molar-refractivity contribution in [3.8, 4) is 0 Å². The predicted octanol–water partition coefficient (Wildman–Crippen LogP) is 4.33. The lowest BCUT2D eigenvalue weighted by Crippen LogP contribution is -2.06. The number of rotatable bonds is 6. The second-order valence-electron chi connectivity index (χ2n) is 4.85. The van der Waals surface area contributed by atoms with Crippen molar-refractivity contribution in [3.63, 3.8) is 0 Å². The molecule has 0 bridgehead atoms. The van der Waals surface area contributed by atoms with Crippen molar-refractivity contribution < 1.29 is 14.3 Å². The Balaban J connectivity index is 1.96. The molecule has 0 aliphatic rings. The van der Waals surface area contributed by atoms with E-state index < -0.39 is 0 Å². The van der Waals surface area contributed by atoms with Crippen LogP contribution in [0, 0.1) is 0 Å². The molecule has 0 aliphatic heterocycles. The van der Waals surface area contributed by atoms with Gasteiger partial charge in [0.05, 0.1) is 12.2 Å². The van der Waals surface area contributed by atoms with Gasteiger partial charge in [0.15, 0.2) is 5.78 Å². The Kier molecular flexibility index (Phi) is 5.73. The first-order chi connectivity index (χ1) is 10.6. The van der Waals surface area contributed by atoms with Crippen LogP contribution >= 0.6 is 11.6 Å². The fourth-order valence-electron chi connectivity index (χ4n) is 2.10. The van der Waals surface area contributed by atoms with Crippen LogP contribution in [-0.4, -0.2) is 18.4 Å². The smallest absolute Gasteiger partial charge is 0.338 e. The number of ether oxygens (including phenoxy) is 1. The number of hydrogen-bond donors (Lipinski definition) is 0. The van der Waals surface area contributed by atoms with Gasteiger partial charge in [-0.15, -0.1) is 0 Å². The summed E-state index contributed by atoms with van der Waals surface area (Å²) in [5.41, 5.74) is 2.08. The van der Waals surface area contributed by atoms with Crippen LogP contribution in [0.4, 0.5) is 0 Å². The average Bonchev–Trinajstić information content (AvgIpc) is 2.53. The van der Waals surface area contributed by atoms with Crippen LogP contribution in [0.2, 0.25) is 5.02 Å². The van der Waals surface area contributed by atoms with Crippen LogP contribution in [0.15, 0.2) is 48.5 Å². The molecular weight excluding hydrogens is 300 g/mol. The number of hydrogen-bond acceptors (Lipinski definition) is 3. The third-order valence-electron chi connectivity index (χ3n) is 3.25. The molecule has 0 aliphatic carbocycles. The lowest BCUT2D eigenvalue weighted by molar-refractivity contribution is 0.0526. The molecule has 22 heavy (non-hydrogen) atoms. The first-order valence-corrected chi connectivity index (χ1v) is 7.52. The van der Waals surface area contributed by atoms with E-state index in [1.165, 1.54) is 0 Å². The normalized spacial score (nSPS) is 10.3. The summed E-state index contributed by atoms with van der Waals surface area (Å²) in [5.74, 6) is -0.337. The minimum absolute atomic E-state index is 0.0374. The van der Waals surface area contributed by atoms with Crippen molar-refractivity contribution in [2.24, 2.45) is 0 Å². The van der Waals surface area contributed by atoms with Crippen molar-refractivity contribution >= 4 is 23.4 Å². The first-order valence-electron chi connectivity index (χ1n) is 7.15. The third-order valence-corrected chi connectivity index (χ3v) is 3.48. The number of aryl methyl sites for hydroxylation is 1. The largest absolute Gasteiger partial charge is 0.462 e. The van der Waals surface area contributed by atoms with Crippen LogP contribution < -0.4 is 0 Å². The summed E-state index contributed by atoms with van der Waals surface area (Å²) >= 11 is 5.92. The van der Waals surface area contributed by atoms with Gasteiger partial charge < -0.3 is 4.74 Å². The molecular formula is C18H17ClO3. The number of benzene rings is 2. The Hall–Kier alpha value is -2.13. The second-order valence-corrected chi connectivity index (χ2v) is 5.29. The summed E-state index contributed by atoms with van der Waals surface area (Å²) in [5, 5.41) is 0.670. The molecule has 0 amide bonds. The van der Waals surface area contributed by atoms with Crippen molar-refractivity contribution in [2.75, 3.05) is 6.61 Å².